The van der Waals surface area contributed by atoms with E-state index in [0.717, 1.165) is 0 Å². The lowest BCUT2D eigenvalue weighted by Gasteiger charge is -2.18. The van der Waals surface area contributed by atoms with Crippen LogP contribution in [-0.4, -0.2) is 15.6 Å². The van der Waals surface area contributed by atoms with E-state index in [4.69, 9.17) is 23.2 Å². The van der Waals surface area contributed by atoms with Crippen molar-refractivity contribution >= 4 is 51.6 Å². The molecule has 8 heteroatoms. The van der Waals surface area contributed by atoms with Crippen LogP contribution in [0.5, 0.6) is 0 Å². The van der Waals surface area contributed by atoms with Gasteiger partial charge < -0.3 is 5.32 Å². The number of amides is 2. The molecule has 2 aromatic carbocycles. The minimum Gasteiger partial charge on any atom is -0.308 e. The molecule has 26 heavy (non-hydrogen) atoms. The number of nitrogens with one attached hydrogen (secondary N) is 2. The molecule has 0 aliphatic rings. The SMILES string of the molecule is CC(C)n1c(NC(=O)Nc2ccc(Cl)c(Cl)c2)c2ccccc2nc1=O. The Labute approximate surface area is 159 Å². The number of fused-ring (bicyclic) bond motifs is 1. The van der Waals surface area contributed by atoms with E-state index in [1.165, 1.54) is 4.57 Å². The number of rotatable bonds is 3. The molecule has 134 valence electrons. The number of aromatic nitrogens is 2. The molecule has 2 N–H and O–H groups in total. The number of carbonyl (C=O) groups is 1. The van der Waals surface area contributed by atoms with Crippen molar-refractivity contribution in [1.29, 1.82) is 0 Å². The van der Waals surface area contributed by atoms with Crippen molar-refractivity contribution in [3.63, 3.8) is 0 Å². The molecule has 3 aromatic rings. The Bertz CT molecular complexity index is 1050. The third-order valence-electron chi connectivity index (χ3n) is 3.75. The van der Waals surface area contributed by atoms with Crippen LogP contribution in [0.15, 0.2) is 47.3 Å². The fourth-order valence-corrected chi connectivity index (χ4v) is 2.90. The van der Waals surface area contributed by atoms with E-state index in [9.17, 15) is 9.59 Å². The molecule has 0 spiro atoms. The van der Waals surface area contributed by atoms with Crippen molar-refractivity contribution in [2.75, 3.05) is 10.6 Å². The lowest BCUT2D eigenvalue weighted by molar-refractivity contribution is 0.262. The van der Waals surface area contributed by atoms with Gasteiger partial charge >= 0.3 is 11.7 Å². The topological polar surface area (TPSA) is 76.0 Å². The second-order valence-corrected chi connectivity index (χ2v) is 6.75. The Morgan fingerprint density at radius 1 is 1.08 bits per heavy atom. The van der Waals surface area contributed by atoms with Gasteiger partial charge in [-0.3, -0.25) is 9.88 Å². The third kappa shape index (κ3) is 3.66. The molecule has 0 saturated heterocycles. The molecule has 0 atom stereocenters. The van der Waals surface area contributed by atoms with Crippen LogP contribution in [0.1, 0.15) is 19.9 Å². The smallest absolute Gasteiger partial charge is 0.308 e. The standard InChI is InChI=1S/C18H16Cl2N4O2/c1-10(2)24-16(12-5-3-4-6-15(12)22-18(24)26)23-17(25)21-11-7-8-13(19)14(20)9-11/h3-10H,1-2H3,(H2,21,23,25). The van der Waals surface area contributed by atoms with Gasteiger partial charge in [0.25, 0.3) is 0 Å². The van der Waals surface area contributed by atoms with Crippen LogP contribution in [0.25, 0.3) is 10.9 Å². The summed E-state index contributed by atoms with van der Waals surface area (Å²) >= 11 is 11.8. The zero-order valence-electron chi connectivity index (χ0n) is 14.1. The summed E-state index contributed by atoms with van der Waals surface area (Å²) in [7, 11) is 0. The van der Waals surface area contributed by atoms with Gasteiger partial charge in [0.05, 0.1) is 15.6 Å². The Balaban J connectivity index is 1.99. The summed E-state index contributed by atoms with van der Waals surface area (Å²) in [4.78, 5) is 28.9. The van der Waals surface area contributed by atoms with E-state index in [2.05, 4.69) is 15.6 Å². The maximum atomic E-state index is 12.5. The van der Waals surface area contributed by atoms with E-state index < -0.39 is 11.7 Å². The fourth-order valence-electron chi connectivity index (χ4n) is 2.60. The molecule has 1 heterocycles. The van der Waals surface area contributed by atoms with Gasteiger partial charge in [0, 0.05) is 17.1 Å². The fraction of sp³-hybridized carbons (Fsp3) is 0.167. The molecular formula is C18H16Cl2N4O2. The van der Waals surface area contributed by atoms with Crippen molar-refractivity contribution in [2.45, 2.75) is 19.9 Å². The lowest BCUT2D eigenvalue weighted by Crippen LogP contribution is -2.30. The van der Waals surface area contributed by atoms with Crippen molar-refractivity contribution in [2.24, 2.45) is 0 Å². The number of benzene rings is 2. The maximum absolute atomic E-state index is 12.5. The van der Waals surface area contributed by atoms with Crippen LogP contribution in [0.3, 0.4) is 0 Å². The number of urea groups is 1. The molecule has 0 aliphatic heterocycles. The lowest BCUT2D eigenvalue weighted by atomic mass is 10.2. The highest BCUT2D eigenvalue weighted by Crippen LogP contribution is 2.26. The first-order valence-electron chi connectivity index (χ1n) is 7.91. The minimum absolute atomic E-state index is 0.181. The van der Waals surface area contributed by atoms with Crippen LogP contribution in [0.4, 0.5) is 16.3 Å². The van der Waals surface area contributed by atoms with E-state index >= 15 is 0 Å². The van der Waals surface area contributed by atoms with Gasteiger partial charge in [-0.25, -0.2) is 9.59 Å². The van der Waals surface area contributed by atoms with Crippen LogP contribution in [0, 0.1) is 0 Å². The van der Waals surface area contributed by atoms with Crippen LogP contribution in [0.2, 0.25) is 10.0 Å². The maximum Gasteiger partial charge on any atom is 0.349 e. The molecule has 2 amide bonds. The number of nitrogens with zero attached hydrogens (tertiary/aromatic N) is 2. The largest absolute Gasteiger partial charge is 0.349 e. The summed E-state index contributed by atoms with van der Waals surface area (Å²) in [6.07, 6.45) is 0. The van der Waals surface area contributed by atoms with Gasteiger partial charge in [-0.1, -0.05) is 35.3 Å². The average molecular weight is 391 g/mol. The van der Waals surface area contributed by atoms with Crippen molar-refractivity contribution < 1.29 is 4.79 Å². The number of carbonyl (C=O) groups excluding carboxylic acids is 1. The second kappa shape index (κ2) is 7.35. The Hall–Kier alpha value is -2.57. The van der Waals surface area contributed by atoms with Crippen LogP contribution >= 0.6 is 23.2 Å². The molecule has 0 bridgehead atoms. The van der Waals surface area contributed by atoms with E-state index in [-0.39, 0.29) is 6.04 Å². The quantitative estimate of drug-likeness (QED) is 0.665. The van der Waals surface area contributed by atoms with Crippen LogP contribution in [-0.2, 0) is 0 Å². The van der Waals surface area contributed by atoms with Gasteiger partial charge in [-0.2, -0.15) is 4.98 Å². The monoisotopic (exact) mass is 390 g/mol. The van der Waals surface area contributed by atoms with Gasteiger partial charge in [-0.15, -0.1) is 0 Å². The molecule has 1 aromatic heterocycles. The molecule has 0 saturated carbocycles. The summed E-state index contributed by atoms with van der Waals surface area (Å²) in [6, 6.07) is 11.2. The Kier molecular flexibility index (Phi) is 5.15. The first-order chi connectivity index (χ1) is 12.4. The van der Waals surface area contributed by atoms with Crippen molar-refractivity contribution in [1.82, 2.24) is 9.55 Å². The highest BCUT2D eigenvalue weighted by molar-refractivity contribution is 6.42. The number of para-hydroxylation sites is 1. The van der Waals surface area contributed by atoms with E-state index in [1.54, 1.807) is 36.4 Å². The molecular weight excluding hydrogens is 375 g/mol. The van der Waals surface area contributed by atoms with Gasteiger partial charge in [0.1, 0.15) is 5.82 Å². The first kappa shape index (κ1) is 18.2. The Morgan fingerprint density at radius 3 is 2.50 bits per heavy atom. The molecule has 0 aliphatic carbocycles. The van der Waals surface area contributed by atoms with E-state index in [0.29, 0.717) is 32.5 Å². The average Bonchev–Trinajstić information content (AvgIpc) is 2.57. The molecule has 0 radical (unpaired) electrons. The predicted octanol–water partition coefficient (Wildman–Crippen LogP) is 4.93. The number of hydrogen-bond donors (Lipinski definition) is 2. The Morgan fingerprint density at radius 2 is 1.81 bits per heavy atom. The molecule has 0 fully saturated rings. The summed E-state index contributed by atoms with van der Waals surface area (Å²) in [5.74, 6) is 0.383. The van der Waals surface area contributed by atoms with Crippen molar-refractivity contribution in [3.8, 4) is 0 Å². The van der Waals surface area contributed by atoms with Gasteiger partial charge in [-0.05, 0) is 44.2 Å². The van der Waals surface area contributed by atoms with Gasteiger partial charge in [0.2, 0.25) is 0 Å². The summed E-state index contributed by atoms with van der Waals surface area (Å²) < 4.78 is 1.44. The van der Waals surface area contributed by atoms with Gasteiger partial charge in [0.15, 0.2) is 0 Å². The summed E-state index contributed by atoms with van der Waals surface area (Å²) in [5, 5.41) is 6.83. The molecule has 6 nitrogen and oxygen atoms in total. The predicted molar refractivity (Wildman–Crippen MR) is 105 cm³/mol. The molecule has 0 unspecified atom stereocenters. The zero-order valence-corrected chi connectivity index (χ0v) is 15.6. The highest BCUT2D eigenvalue weighted by atomic mass is 35.5. The minimum atomic E-state index is -0.506. The number of anilines is 2. The highest BCUT2D eigenvalue weighted by Gasteiger charge is 2.16. The van der Waals surface area contributed by atoms with Crippen LogP contribution < -0.4 is 16.3 Å². The van der Waals surface area contributed by atoms with E-state index in [1.807, 2.05) is 19.9 Å². The summed E-state index contributed by atoms with van der Waals surface area (Å²) in [5.41, 5.74) is 0.566. The normalized spacial score (nSPS) is 11.0. The third-order valence-corrected chi connectivity index (χ3v) is 4.49. The number of hydrogen-bond acceptors (Lipinski definition) is 3. The molecule has 3 rings (SSSR count). The first-order valence-corrected chi connectivity index (χ1v) is 8.66. The zero-order chi connectivity index (χ0) is 18.8. The van der Waals surface area contributed by atoms with Crippen molar-refractivity contribution in [3.05, 3.63) is 63.0 Å². The number of halogens is 2. The summed E-state index contributed by atoms with van der Waals surface area (Å²) in [6.45, 7) is 3.69. The second-order valence-electron chi connectivity index (χ2n) is 5.93.